The molecule has 0 saturated carbocycles. The number of thioether (sulfide) groups is 1. The molecular formula is C9H11N3O3S2. The van der Waals surface area contributed by atoms with E-state index in [4.69, 9.17) is 9.68 Å². The third kappa shape index (κ3) is 2.98. The van der Waals surface area contributed by atoms with Gasteiger partial charge in [-0.3, -0.25) is 0 Å². The molecule has 8 heteroatoms. The molecule has 1 aliphatic rings. The van der Waals surface area contributed by atoms with Gasteiger partial charge in [-0.15, -0.1) is 10.2 Å². The molecule has 6 nitrogen and oxygen atoms in total. The van der Waals surface area contributed by atoms with Crippen molar-refractivity contribution in [3.05, 3.63) is 5.89 Å². The van der Waals surface area contributed by atoms with Gasteiger partial charge in [0.05, 0.1) is 28.7 Å². The zero-order chi connectivity index (χ0) is 12.5. The van der Waals surface area contributed by atoms with Gasteiger partial charge in [0.1, 0.15) is 0 Å². The molecule has 1 aromatic heterocycles. The highest BCUT2D eigenvalue weighted by Crippen LogP contribution is 2.30. The highest BCUT2D eigenvalue weighted by molar-refractivity contribution is 7.99. The van der Waals surface area contributed by atoms with E-state index in [1.807, 2.05) is 6.07 Å². The summed E-state index contributed by atoms with van der Waals surface area (Å²) in [5, 5.41) is 16.3. The van der Waals surface area contributed by atoms with Crippen LogP contribution in [0.5, 0.6) is 0 Å². The van der Waals surface area contributed by atoms with Crippen LogP contribution in [-0.4, -0.2) is 35.4 Å². The zero-order valence-electron chi connectivity index (χ0n) is 9.16. The molecule has 0 amide bonds. The predicted molar refractivity (Wildman–Crippen MR) is 61.2 cm³/mol. The molecule has 0 unspecified atom stereocenters. The average Bonchev–Trinajstić information content (AvgIpc) is 2.84. The number of hydrogen-bond acceptors (Lipinski definition) is 7. The lowest BCUT2D eigenvalue weighted by Crippen LogP contribution is -2.03. The van der Waals surface area contributed by atoms with Crippen LogP contribution >= 0.6 is 11.8 Å². The van der Waals surface area contributed by atoms with E-state index in [0.29, 0.717) is 17.5 Å². The van der Waals surface area contributed by atoms with E-state index < -0.39 is 9.84 Å². The fraction of sp³-hybridized carbons (Fsp3) is 0.667. The molecule has 2 heterocycles. The molecule has 0 N–H and O–H groups in total. The first-order chi connectivity index (χ1) is 8.00. The van der Waals surface area contributed by atoms with Crippen molar-refractivity contribution in [3.8, 4) is 6.07 Å². The van der Waals surface area contributed by atoms with Crippen molar-refractivity contribution in [2.24, 2.45) is 0 Å². The highest BCUT2D eigenvalue weighted by atomic mass is 32.2. The van der Waals surface area contributed by atoms with Crippen LogP contribution in [0.2, 0.25) is 0 Å². The van der Waals surface area contributed by atoms with E-state index >= 15 is 0 Å². The van der Waals surface area contributed by atoms with E-state index in [1.165, 1.54) is 11.8 Å². The summed E-state index contributed by atoms with van der Waals surface area (Å²) in [6.45, 7) is 1.73. The second-order valence-corrected chi connectivity index (χ2v) is 7.42. The zero-order valence-corrected chi connectivity index (χ0v) is 10.8. The van der Waals surface area contributed by atoms with Crippen molar-refractivity contribution >= 4 is 21.6 Å². The molecule has 0 aliphatic carbocycles. The maximum atomic E-state index is 11.3. The maximum absolute atomic E-state index is 11.3. The molecule has 2 rings (SSSR count). The van der Waals surface area contributed by atoms with Crippen LogP contribution in [0.3, 0.4) is 0 Å². The third-order valence-electron chi connectivity index (χ3n) is 2.46. The smallest absolute Gasteiger partial charge is 0.277 e. The Morgan fingerprint density at radius 2 is 2.35 bits per heavy atom. The molecule has 1 fully saturated rings. The van der Waals surface area contributed by atoms with Gasteiger partial charge in [0.25, 0.3) is 5.22 Å². The molecule has 0 spiro atoms. The number of rotatable bonds is 3. The highest BCUT2D eigenvalue weighted by Gasteiger charge is 2.32. The minimum absolute atomic E-state index is 0.0765. The lowest BCUT2D eigenvalue weighted by Gasteiger charge is -1.99. The Bertz CT molecular complexity index is 546. The third-order valence-corrected chi connectivity index (χ3v) is 5.06. The van der Waals surface area contributed by atoms with Gasteiger partial charge in [-0.05, 0) is 25.1 Å². The Kier molecular flexibility index (Phi) is 3.40. The summed E-state index contributed by atoms with van der Waals surface area (Å²) < 4.78 is 28.0. The quantitative estimate of drug-likeness (QED) is 0.757. The van der Waals surface area contributed by atoms with Crippen LogP contribution < -0.4 is 0 Å². The van der Waals surface area contributed by atoms with Gasteiger partial charge in [0.2, 0.25) is 5.89 Å². The van der Waals surface area contributed by atoms with Crippen LogP contribution in [0.15, 0.2) is 9.64 Å². The van der Waals surface area contributed by atoms with Gasteiger partial charge >= 0.3 is 0 Å². The average molecular weight is 273 g/mol. The first-order valence-corrected chi connectivity index (χ1v) is 7.80. The Morgan fingerprint density at radius 1 is 1.59 bits per heavy atom. The monoisotopic (exact) mass is 273 g/mol. The Balaban J connectivity index is 2.07. The SMILES string of the molecule is C[C@H](C#N)Sc1nnc([C@H]2CCS(=O)(=O)C2)o1. The fourth-order valence-corrected chi connectivity index (χ4v) is 3.91. The van der Waals surface area contributed by atoms with Gasteiger partial charge in [-0.1, -0.05) is 0 Å². The maximum Gasteiger partial charge on any atom is 0.277 e. The first-order valence-electron chi connectivity index (χ1n) is 5.10. The molecule has 17 heavy (non-hydrogen) atoms. The van der Waals surface area contributed by atoms with Gasteiger partial charge in [0, 0.05) is 0 Å². The Hall–Kier alpha value is -1.07. The largest absolute Gasteiger partial charge is 0.416 e. The van der Waals surface area contributed by atoms with Crippen LogP contribution in [0.1, 0.15) is 25.2 Å². The molecule has 92 valence electrons. The molecule has 1 saturated heterocycles. The van der Waals surface area contributed by atoms with Gasteiger partial charge in [0.15, 0.2) is 9.84 Å². The first kappa shape index (κ1) is 12.4. The minimum Gasteiger partial charge on any atom is -0.416 e. The lowest BCUT2D eigenvalue weighted by atomic mass is 10.1. The number of nitriles is 1. The van der Waals surface area contributed by atoms with E-state index in [-0.39, 0.29) is 22.7 Å². The molecule has 2 atom stereocenters. The summed E-state index contributed by atoms with van der Waals surface area (Å²) in [5.74, 6) is 0.419. The van der Waals surface area contributed by atoms with Gasteiger partial charge < -0.3 is 4.42 Å². The van der Waals surface area contributed by atoms with E-state index in [1.54, 1.807) is 6.92 Å². The Morgan fingerprint density at radius 3 is 2.94 bits per heavy atom. The van der Waals surface area contributed by atoms with Gasteiger partial charge in [-0.25, -0.2) is 8.42 Å². The number of aromatic nitrogens is 2. The van der Waals surface area contributed by atoms with Crippen molar-refractivity contribution in [1.82, 2.24) is 10.2 Å². The van der Waals surface area contributed by atoms with Crippen molar-refractivity contribution in [2.75, 3.05) is 11.5 Å². The molecule has 0 radical (unpaired) electrons. The standard InChI is InChI=1S/C9H11N3O3S2/c1-6(4-10)16-9-12-11-8(15-9)7-2-3-17(13,14)5-7/h6-7H,2-3,5H2,1H3/t6-,7+/m1/s1. The Labute approximate surface area is 103 Å². The second-order valence-electron chi connectivity index (χ2n) is 3.90. The minimum atomic E-state index is -2.95. The summed E-state index contributed by atoms with van der Waals surface area (Å²) in [6, 6.07) is 2.04. The molecular weight excluding hydrogens is 262 g/mol. The normalized spacial score (nSPS) is 24.4. The van der Waals surface area contributed by atoms with Crippen LogP contribution in [0.4, 0.5) is 0 Å². The van der Waals surface area contributed by atoms with Crippen LogP contribution in [0, 0.1) is 11.3 Å². The molecule has 1 aromatic rings. The summed E-state index contributed by atoms with van der Waals surface area (Å²) >= 11 is 1.17. The molecule has 1 aliphatic heterocycles. The van der Waals surface area contributed by atoms with Crippen molar-refractivity contribution in [1.29, 1.82) is 5.26 Å². The van der Waals surface area contributed by atoms with Gasteiger partial charge in [-0.2, -0.15) is 5.26 Å². The van der Waals surface area contributed by atoms with Crippen LogP contribution in [-0.2, 0) is 9.84 Å². The van der Waals surface area contributed by atoms with Crippen molar-refractivity contribution in [3.63, 3.8) is 0 Å². The molecule has 0 bridgehead atoms. The lowest BCUT2D eigenvalue weighted by molar-refractivity contribution is 0.393. The summed E-state index contributed by atoms with van der Waals surface area (Å²) in [4.78, 5) is 0. The van der Waals surface area contributed by atoms with Crippen molar-refractivity contribution in [2.45, 2.75) is 29.7 Å². The van der Waals surface area contributed by atoms with E-state index in [9.17, 15) is 8.42 Å². The van der Waals surface area contributed by atoms with E-state index in [0.717, 1.165) is 0 Å². The predicted octanol–water partition coefficient (Wildman–Crippen LogP) is 0.976. The topological polar surface area (TPSA) is 96.9 Å². The summed E-state index contributed by atoms with van der Waals surface area (Å²) in [6.07, 6.45) is 0.530. The summed E-state index contributed by atoms with van der Waals surface area (Å²) in [5.41, 5.74) is 0. The van der Waals surface area contributed by atoms with Crippen molar-refractivity contribution < 1.29 is 12.8 Å². The number of nitrogens with zero attached hydrogens (tertiary/aromatic N) is 3. The molecule has 0 aromatic carbocycles. The summed E-state index contributed by atoms with van der Waals surface area (Å²) in [7, 11) is -2.95. The number of sulfone groups is 1. The van der Waals surface area contributed by atoms with Crippen LogP contribution in [0.25, 0.3) is 0 Å². The fourth-order valence-electron chi connectivity index (χ4n) is 1.60. The number of hydrogen-bond donors (Lipinski definition) is 0. The van der Waals surface area contributed by atoms with E-state index in [2.05, 4.69) is 10.2 Å². The second kappa shape index (κ2) is 4.66.